The number of carbonyl (C=O) groups excluding carboxylic acids is 1. The van der Waals surface area contributed by atoms with Gasteiger partial charge in [-0.1, -0.05) is 29.4 Å². The molecule has 7 heteroatoms. The molecule has 0 aliphatic rings. The van der Waals surface area contributed by atoms with E-state index in [4.69, 9.17) is 13.7 Å². The molecule has 154 valence electrons. The van der Waals surface area contributed by atoms with Gasteiger partial charge in [-0.05, 0) is 50.1 Å². The Balaban J connectivity index is 1.56. The number of benzene rings is 1. The minimum atomic E-state index is -0.231. The number of amides is 1. The third-order valence-corrected chi connectivity index (χ3v) is 4.66. The van der Waals surface area contributed by atoms with Gasteiger partial charge in [-0.2, -0.15) is 0 Å². The van der Waals surface area contributed by atoms with Crippen LogP contribution in [0.2, 0.25) is 0 Å². The van der Waals surface area contributed by atoms with Crippen LogP contribution in [-0.2, 0) is 17.9 Å². The third kappa shape index (κ3) is 4.26. The Morgan fingerprint density at radius 3 is 2.77 bits per heavy atom. The Kier molecular flexibility index (Phi) is 5.63. The zero-order chi connectivity index (χ0) is 21.1. The Morgan fingerprint density at radius 1 is 1.17 bits per heavy atom. The number of hydrogen-bond acceptors (Lipinski definition) is 6. The van der Waals surface area contributed by atoms with Crippen LogP contribution in [0.25, 0.3) is 22.6 Å². The average Bonchev–Trinajstić information content (AvgIpc) is 3.40. The van der Waals surface area contributed by atoms with E-state index in [0.717, 1.165) is 11.1 Å². The quantitative estimate of drug-likeness (QED) is 0.481. The van der Waals surface area contributed by atoms with Crippen LogP contribution in [-0.4, -0.2) is 22.2 Å². The van der Waals surface area contributed by atoms with E-state index in [1.165, 1.54) is 0 Å². The second-order valence-corrected chi connectivity index (χ2v) is 7.34. The van der Waals surface area contributed by atoms with E-state index in [2.05, 4.69) is 15.5 Å². The normalized spacial score (nSPS) is 11.3. The van der Waals surface area contributed by atoms with Crippen molar-refractivity contribution >= 4 is 17.0 Å². The molecule has 1 N–H and O–H groups in total. The molecule has 1 aromatic carbocycles. The van der Waals surface area contributed by atoms with Gasteiger partial charge in [-0.15, -0.1) is 0 Å². The van der Waals surface area contributed by atoms with Gasteiger partial charge in [0.1, 0.15) is 5.69 Å². The summed E-state index contributed by atoms with van der Waals surface area (Å²) < 4.78 is 16.4. The largest absolute Gasteiger partial charge is 0.463 e. The van der Waals surface area contributed by atoms with Crippen LogP contribution in [0.3, 0.4) is 0 Å². The molecule has 0 spiro atoms. The average molecular weight is 405 g/mol. The molecular formula is C23H23N3O4. The topological polar surface area (TPSA) is 90.4 Å². The smallest absolute Gasteiger partial charge is 0.259 e. The number of rotatable bonds is 7. The molecule has 0 saturated carbocycles. The molecule has 30 heavy (non-hydrogen) atoms. The zero-order valence-corrected chi connectivity index (χ0v) is 17.1. The van der Waals surface area contributed by atoms with E-state index in [0.29, 0.717) is 47.0 Å². The van der Waals surface area contributed by atoms with Crippen LogP contribution in [0.5, 0.6) is 0 Å². The van der Waals surface area contributed by atoms with Crippen molar-refractivity contribution in [1.29, 1.82) is 0 Å². The summed E-state index contributed by atoms with van der Waals surface area (Å²) in [6.07, 6.45) is 1.72. The number of pyridine rings is 1. The first kappa shape index (κ1) is 19.8. The summed E-state index contributed by atoms with van der Waals surface area (Å²) in [4.78, 5) is 17.5. The van der Waals surface area contributed by atoms with Gasteiger partial charge in [0.2, 0.25) is 0 Å². The van der Waals surface area contributed by atoms with Crippen LogP contribution in [0.1, 0.15) is 41.0 Å². The molecule has 7 nitrogen and oxygen atoms in total. The van der Waals surface area contributed by atoms with E-state index in [1.807, 2.05) is 38.1 Å². The molecule has 0 atom stereocenters. The lowest BCUT2D eigenvalue weighted by molar-refractivity contribution is 0.0657. The van der Waals surface area contributed by atoms with E-state index < -0.39 is 0 Å². The van der Waals surface area contributed by atoms with Crippen molar-refractivity contribution in [3.05, 3.63) is 71.1 Å². The fourth-order valence-corrected chi connectivity index (χ4v) is 3.19. The van der Waals surface area contributed by atoms with Crippen molar-refractivity contribution in [2.24, 2.45) is 0 Å². The number of aryl methyl sites for hydroxylation is 1. The van der Waals surface area contributed by atoms with Crippen molar-refractivity contribution in [2.45, 2.75) is 40.0 Å². The first-order chi connectivity index (χ1) is 14.5. The van der Waals surface area contributed by atoms with Gasteiger partial charge in [0.25, 0.3) is 11.6 Å². The summed E-state index contributed by atoms with van der Waals surface area (Å²) in [5, 5.41) is 7.54. The van der Waals surface area contributed by atoms with E-state index in [-0.39, 0.29) is 12.0 Å². The molecule has 0 fully saturated rings. The maximum atomic E-state index is 13.0. The van der Waals surface area contributed by atoms with Gasteiger partial charge in [-0.25, -0.2) is 4.98 Å². The minimum Gasteiger partial charge on any atom is -0.463 e. The molecule has 0 unspecified atom stereocenters. The predicted molar refractivity (Wildman–Crippen MR) is 112 cm³/mol. The van der Waals surface area contributed by atoms with Gasteiger partial charge in [0.05, 0.1) is 35.6 Å². The van der Waals surface area contributed by atoms with Crippen molar-refractivity contribution in [3.8, 4) is 11.5 Å². The van der Waals surface area contributed by atoms with E-state index in [1.54, 1.807) is 31.4 Å². The molecule has 0 radical (unpaired) electrons. The first-order valence-electron chi connectivity index (χ1n) is 9.80. The van der Waals surface area contributed by atoms with Crippen LogP contribution >= 0.6 is 0 Å². The molecule has 1 amide bonds. The highest BCUT2D eigenvalue weighted by molar-refractivity contribution is 6.06. The fraction of sp³-hybridized carbons (Fsp3) is 0.261. The van der Waals surface area contributed by atoms with Gasteiger partial charge < -0.3 is 19.0 Å². The summed E-state index contributed by atoms with van der Waals surface area (Å²) in [7, 11) is 0. The number of nitrogens with one attached hydrogen (secondary N) is 1. The maximum Gasteiger partial charge on any atom is 0.259 e. The summed E-state index contributed by atoms with van der Waals surface area (Å²) >= 11 is 0. The Morgan fingerprint density at radius 2 is 2.00 bits per heavy atom. The van der Waals surface area contributed by atoms with Crippen LogP contribution in [0.15, 0.2) is 57.7 Å². The lowest BCUT2D eigenvalue weighted by atomic mass is 10.1. The highest BCUT2D eigenvalue weighted by Crippen LogP contribution is 2.27. The van der Waals surface area contributed by atoms with Gasteiger partial charge >= 0.3 is 0 Å². The van der Waals surface area contributed by atoms with Gasteiger partial charge in [0, 0.05) is 6.54 Å². The Labute approximate surface area is 174 Å². The first-order valence-corrected chi connectivity index (χ1v) is 9.80. The van der Waals surface area contributed by atoms with Crippen molar-refractivity contribution in [3.63, 3.8) is 0 Å². The lowest BCUT2D eigenvalue weighted by Gasteiger charge is -2.10. The molecule has 3 aromatic heterocycles. The minimum absolute atomic E-state index is 0.164. The molecule has 4 rings (SSSR count). The molecule has 0 aliphatic carbocycles. The van der Waals surface area contributed by atoms with Gasteiger partial charge in [0.15, 0.2) is 5.76 Å². The maximum absolute atomic E-state index is 13.0. The highest BCUT2D eigenvalue weighted by Gasteiger charge is 2.20. The third-order valence-electron chi connectivity index (χ3n) is 4.66. The number of ether oxygens (including phenoxy) is 1. The number of furan rings is 1. The summed E-state index contributed by atoms with van der Waals surface area (Å²) in [5.41, 5.74) is 3.94. The van der Waals surface area contributed by atoms with Crippen molar-refractivity contribution in [2.75, 3.05) is 0 Å². The second-order valence-electron chi connectivity index (χ2n) is 7.34. The number of nitrogens with zero attached hydrogens (tertiary/aromatic N) is 2. The highest BCUT2D eigenvalue weighted by atomic mass is 16.5. The van der Waals surface area contributed by atoms with E-state index in [9.17, 15) is 4.79 Å². The molecule has 0 aliphatic heterocycles. The summed E-state index contributed by atoms with van der Waals surface area (Å²) in [5.74, 6) is 0.322. The lowest BCUT2D eigenvalue weighted by Crippen LogP contribution is -2.23. The molecule has 3 heterocycles. The summed E-state index contributed by atoms with van der Waals surface area (Å²) in [6.45, 7) is 6.72. The SMILES string of the molecule is Cc1noc2nc(-c3ccco3)cc(C(=O)NCc3cccc(COC(C)C)c3)c12. The van der Waals surface area contributed by atoms with Crippen LogP contribution in [0, 0.1) is 6.92 Å². The van der Waals surface area contributed by atoms with Crippen molar-refractivity contribution in [1.82, 2.24) is 15.5 Å². The Hall–Kier alpha value is -3.45. The van der Waals surface area contributed by atoms with Crippen LogP contribution in [0.4, 0.5) is 0 Å². The number of carbonyl (C=O) groups is 1. The monoisotopic (exact) mass is 405 g/mol. The molecule has 0 bridgehead atoms. The molecular weight excluding hydrogens is 382 g/mol. The number of fused-ring (bicyclic) bond motifs is 1. The number of aromatic nitrogens is 2. The van der Waals surface area contributed by atoms with Crippen molar-refractivity contribution < 1.29 is 18.5 Å². The van der Waals surface area contributed by atoms with Gasteiger partial charge in [-0.3, -0.25) is 4.79 Å². The van der Waals surface area contributed by atoms with Crippen LogP contribution < -0.4 is 5.32 Å². The molecule has 0 saturated heterocycles. The zero-order valence-electron chi connectivity index (χ0n) is 17.1. The molecule has 4 aromatic rings. The fourth-order valence-electron chi connectivity index (χ4n) is 3.19. The Bertz CT molecular complexity index is 1160. The second kappa shape index (κ2) is 8.51. The van der Waals surface area contributed by atoms with E-state index >= 15 is 0 Å². The summed E-state index contributed by atoms with van der Waals surface area (Å²) in [6, 6.07) is 13.2. The predicted octanol–water partition coefficient (Wildman–Crippen LogP) is 4.65. The number of hydrogen-bond donors (Lipinski definition) is 1. The standard InChI is InChI=1S/C23H23N3O4/c1-14(2)29-13-17-7-4-6-16(10-17)12-24-22(27)18-11-19(20-8-5-9-28-20)25-23-21(18)15(3)26-30-23/h4-11,14H,12-13H2,1-3H3,(H,24,27).